The zero-order valence-electron chi connectivity index (χ0n) is 9.55. The number of halogens is 2. The molecule has 1 aliphatic heterocycles. The standard InChI is InChI=1S/C13H16Cl2N2/c14-9-1-8(2-10(15)3-9)4-16-5-11-12-6-17-7-13(11)12/h1-3,11-13,16-17H,4-7H2. The van der Waals surface area contributed by atoms with Crippen LogP contribution in [0.3, 0.4) is 0 Å². The molecule has 4 heteroatoms. The van der Waals surface area contributed by atoms with Crippen molar-refractivity contribution in [3.05, 3.63) is 33.8 Å². The van der Waals surface area contributed by atoms with E-state index in [1.54, 1.807) is 6.07 Å². The Morgan fingerprint density at radius 3 is 2.41 bits per heavy atom. The predicted molar refractivity (Wildman–Crippen MR) is 71.5 cm³/mol. The van der Waals surface area contributed by atoms with Crippen molar-refractivity contribution in [3.63, 3.8) is 0 Å². The lowest BCUT2D eigenvalue weighted by atomic mass is 10.2. The highest BCUT2D eigenvalue weighted by Crippen LogP contribution is 2.47. The molecule has 0 spiro atoms. The zero-order valence-corrected chi connectivity index (χ0v) is 11.1. The van der Waals surface area contributed by atoms with Gasteiger partial charge in [-0.15, -0.1) is 0 Å². The van der Waals surface area contributed by atoms with E-state index in [2.05, 4.69) is 10.6 Å². The van der Waals surface area contributed by atoms with E-state index >= 15 is 0 Å². The van der Waals surface area contributed by atoms with Gasteiger partial charge >= 0.3 is 0 Å². The van der Waals surface area contributed by atoms with E-state index in [0.29, 0.717) is 10.0 Å². The van der Waals surface area contributed by atoms with Crippen molar-refractivity contribution in [2.24, 2.45) is 17.8 Å². The van der Waals surface area contributed by atoms with Gasteiger partial charge in [-0.05, 0) is 61.2 Å². The molecular weight excluding hydrogens is 255 g/mol. The Balaban J connectivity index is 1.48. The second kappa shape index (κ2) is 4.77. The average molecular weight is 271 g/mol. The van der Waals surface area contributed by atoms with E-state index in [0.717, 1.165) is 36.4 Å². The smallest absolute Gasteiger partial charge is 0.0424 e. The minimum atomic E-state index is 0.710. The number of piperidine rings is 1. The minimum absolute atomic E-state index is 0.710. The van der Waals surface area contributed by atoms with Gasteiger partial charge in [-0.2, -0.15) is 0 Å². The lowest BCUT2D eigenvalue weighted by Crippen LogP contribution is -2.23. The summed E-state index contributed by atoms with van der Waals surface area (Å²) in [6.45, 7) is 4.38. The largest absolute Gasteiger partial charge is 0.316 e. The first-order valence-corrected chi connectivity index (χ1v) is 6.86. The summed E-state index contributed by atoms with van der Waals surface area (Å²) >= 11 is 11.9. The number of benzene rings is 1. The topological polar surface area (TPSA) is 24.1 Å². The molecule has 3 rings (SSSR count). The number of hydrogen-bond acceptors (Lipinski definition) is 2. The molecule has 2 nitrogen and oxygen atoms in total. The number of hydrogen-bond donors (Lipinski definition) is 2. The van der Waals surface area contributed by atoms with Crippen LogP contribution in [0.4, 0.5) is 0 Å². The molecule has 2 aliphatic rings. The SMILES string of the molecule is Clc1cc(Cl)cc(CNCC2C3CNCC23)c1. The average Bonchev–Trinajstić information content (AvgIpc) is 2.71. The highest BCUT2D eigenvalue weighted by molar-refractivity contribution is 6.34. The van der Waals surface area contributed by atoms with Crippen LogP contribution in [0.25, 0.3) is 0 Å². The third kappa shape index (κ3) is 2.60. The second-order valence-corrected chi connectivity index (χ2v) is 5.93. The molecule has 2 N–H and O–H groups in total. The van der Waals surface area contributed by atoms with Gasteiger partial charge in [0.05, 0.1) is 0 Å². The van der Waals surface area contributed by atoms with E-state index in [1.165, 1.54) is 13.1 Å². The van der Waals surface area contributed by atoms with Crippen LogP contribution in [0.5, 0.6) is 0 Å². The van der Waals surface area contributed by atoms with Crippen LogP contribution in [-0.4, -0.2) is 19.6 Å². The third-order valence-electron chi connectivity index (χ3n) is 3.90. The molecular formula is C13H16Cl2N2. The van der Waals surface area contributed by atoms with Gasteiger partial charge in [0.2, 0.25) is 0 Å². The van der Waals surface area contributed by atoms with Gasteiger partial charge in [0.15, 0.2) is 0 Å². The number of rotatable bonds is 4. The Bertz CT molecular complexity index is 392. The zero-order chi connectivity index (χ0) is 11.8. The Morgan fingerprint density at radius 2 is 1.76 bits per heavy atom. The van der Waals surface area contributed by atoms with Crippen molar-refractivity contribution < 1.29 is 0 Å². The van der Waals surface area contributed by atoms with Crippen molar-refractivity contribution in [1.29, 1.82) is 0 Å². The minimum Gasteiger partial charge on any atom is -0.316 e. The summed E-state index contributed by atoms with van der Waals surface area (Å²) in [5.41, 5.74) is 1.16. The van der Waals surface area contributed by atoms with Gasteiger partial charge in [-0.3, -0.25) is 0 Å². The summed E-state index contributed by atoms with van der Waals surface area (Å²) in [6, 6.07) is 5.70. The van der Waals surface area contributed by atoms with Gasteiger partial charge in [0, 0.05) is 16.6 Å². The number of fused-ring (bicyclic) bond motifs is 1. The molecule has 1 aliphatic carbocycles. The van der Waals surface area contributed by atoms with E-state index in [-0.39, 0.29) is 0 Å². The molecule has 1 aromatic carbocycles. The van der Waals surface area contributed by atoms with Crippen molar-refractivity contribution >= 4 is 23.2 Å². The van der Waals surface area contributed by atoms with Crippen LogP contribution >= 0.6 is 23.2 Å². The molecule has 2 fully saturated rings. The predicted octanol–water partition coefficient (Wildman–Crippen LogP) is 2.55. The molecule has 2 unspecified atom stereocenters. The summed E-state index contributed by atoms with van der Waals surface area (Å²) in [7, 11) is 0. The van der Waals surface area contributed by atoms with E-state index in [9.17, 15) is 0 Å². The second-order valence-electron chi connectivity index (χ2n) is 5.06. The fraction of sp³-hybridized carbons (Fsp3) is 0.538. The van der Waals surface area contributed by atoms with Crippen LogP contribution in [0.15, 0.2) is 18.2 Å². The van der Waals surface area contributed by atoms with Gasteiger partial charge in [0.25, 0.3) is 0 Å². The Hall–Kier alpha value is -0.280. The Morgan fingerprint density at radius 1 is 1.12 bits per heavy atom. The normalized spacial score (nSPS) is 30.4. The van der Waals surface area contributed by atoms with E-state index < -0.39 is 0 Å². The van der Waals surface area contributed by atoms with Crippen LogP contribution in [0.1, 0.15) is 5.56 Å². The first kappa shape index (κ1) is 11.8. The van der Waals surface area contributed by atoms with Crippen molar-refractivity contribution in [3.8, 4) is 0 Å². The summed E-state index contributed by atoms with van der Waals surface area (Å²) < 4.78 is 0. The molecule has 1 heterocycles. The maximum Gasteiger partial charge on any atom is 0.0424 e. The lowest BCUT2D eigenvalue weighted by molar-refractivity contribution is 0.539. The first-order valence-electron chi connectivity index (χ1n) is 6.10. The Kier molecular flexibility index (Phi) is 3.31. The quantitative estimate of drug-likeness (QED) is 0.879. The van der Waals surface area contributed by atoms with Gasteiger partial charge < -0.3 is 10.6 Å². The first-order chi connectivity index (χ1) is 8.24. The highest BCUT2D eigenvalue weighted by atomic mass is 35.5. The molecule has 0 bridgehead atoms. The van der Waals surface area contributed by atoms with E-state index in [4.69, 9.17) is 23.2 Å². The maximum absolute atomic E-state index is 5.96. The van der Waals surface area contributed by atoms with Crippen LogP contribution in [0.2, 0.25) is 10.0 Å². The molecule has 1 aromatic rings. The van der Waals surface area contributed by atoms with Gasteiger partial charge in [0.1, 0.15) is 0 Å². The molecule has 0 amide bonds. The van der Waals surface area contributed by atoms with Crippen LogP contribution in [0, 0.1) is 17.8 Å². The fourth-order valence-corrected chi connectivity index (χ4v) is 3.52. The van der Waals surface area contributed by atoms with Crippen molar-refractivity contribution in [2.75, 3.05) is 19.6 Å². The van der Waals surface area contributed by atoms with Crippen LogP contribution < -0.4 is 10.6 Å². The van der Waals surface area contributed by atoms with E-state index in [1.807, 2.05) is 12.1 Å². The monoisotopic (exact) mass is 270 g/mol. The summed E-state index contributed by atoms with van der Waals surface area (Å²) in [5, 5.41) is 8.33. The molecule has 1 saturated heterocycles. The summed E-state index contributed by atoms with van der Waals surface area (Å²) in [4.78, 5) is 0. The summed E-state index contributed by atoms with van der Waals surface area (Å²) in [5.74, 6) is 2.72. The summed E-state index contributed by atoms with van der Waals surface area (Å²) in [6.07, 6.45) is 0. The molecule has 1 saturated carbocycles. The third-order valence-corrected chi connectivity index (χ3v) is 4.34. The van der Waals surface area contributed by atoms with Crippen molar-refractivity contribution in [2.45, 2.75) is 6.54 Å². The molecule has 0 radical (unpaired) electrons. The molecule has 2 atom stereocenters. The Labute approximate surface area is 112 Å². The fourth-order valence-electron chi connectivity index (χ4n) is 2.95. The van der Waals surface area contributed by atoms with Gasteiger partial charge in [-0.25, -0.2) is 0 Å². The van der Waals surface area contributed by atoms with Gasteiger partial charge in [-0.1, -0.05) is 23.2 Å². The van der Waals surface area contributed by atoms with Crippen molar-refractivity contribution in [1.82, 2.24) is 10.6 Å². The molecule has 0 aromatic heterocycles. The maximum atomic E-state index is 5.96. The number of nitrogens with one attached hydrogen (secondary N) is 2. The molecule has 92 valence electrons. The lowest BCUT2D eigenvalue weighted by Gasteiger charge is -2.07. The molecule has 17 heavy (non-hydrogen) atoms. The van der Waals surface area contributed by atoms with Crippen LogP contribution in [-0.2, 0) is 6.54 Å². The highest BCUT2D eigenvalue weighted by Gasteiger charge is 2.51.